The van der Waals surface area contributed by atoms with Crippen LogP contribution in [0.4, 0.5) is 0 Å². The fourth-order valence-electron chi connectivity index (χ4n) is 3.55. The van der Waals surface area contributed by atoms with E-state index in [1.54, 1.807) is 0 Å². The monoisotopic (exact) mass is 348 g/mol. The summed E-state index contributed by atoms with van der Waals surface area (Å²) >= 11 is 9.12. The van der Waals surface area contributed by atoms with Crippen molar-refractivity contribution in [3.05, 3.63) is 0 Å². The number of rotatable bonds is 8. The SMILES string of the molecule is CCCSC1(C2CCCC(C3(SCCC)CS3)C2)CS1. The van der Waals surface area contributed by atoms with Crippen molar-refractivity contribution in [3.8, 4) is 0 Å². The highest BCUT2D eigenvalue weighted by molar-refractivity contribution is 8.25. The fourth-order valence-corrected chi connectivity index (χ4v) is 9.40. The van der Waals surface area contributed by atoms with Crippen molar-refractivity contribution >= 4 is 47.0 Å². The molecule has 2 heterocycles. The first kappa shape index (κ1) is 16.3. The minimum absolute atomic E-state index is 0.658. The molecule has 4 unspecified atom stereocenters. The van der Waals surface area contributed by atoms with Crippen LogP contribution in [-0.4, -0.2) is 31.2 Å². The summed E-state index contributed by atoms with van der Waals surface area (Å²) in [6.07, 6.45) is 8.75. The van der Waals surface area contributed by atoms with Crippen molar-refractivity contribution < 1.29 is 0 Å². The third-order valence-electron chi connectivity index (χ3n) is 4.88. The Bertz CT molecular complexity index is 292. The van der Waals surface area contributed by atoms with E-state index in [9.17, 15) is 0 Å². The molecule has 0 radical (unpaired) electrons. The van der Waals surface area contributed by atoms with Crippen molar-refractivity contribution in [2.24, 2.45) is 11.8 Å². The Hall–Kier alpha value is 1.40. The van der Waals surface area contributed by atoms with Crippen LogP contribution in [0.3, 0.4) is 0 Å². The maximum absolute atomic E-state index is 2.33. The van der Waals surface area contributed by atoms with Crippen LogP contribution in [-0.2, 0) is 0 Å². The van der Waals surface area contributed by atoms with E-state index < -0.39 is 0 Å². The van der Waals surface area contributed by atoms with Gasteiger partial charge in [-0.1, -0.05) is 20.3 Å². The minimum Gasteiger partial charge on any atom is -0.143 e. The molecule has 0 aromatic rings. The Labute approximate surface area is 142 Å². The lowest BCUT2D eigenvalue weighted by Gasteiger charge is -2.37. The molecule has 2 aliphatic heterocycles. The van der Waals surface area contributed by atoms with E-state index in [1.165, 1.54) is 61.5 Å². The summed E-state index contributed by atoms with van der Waals surface area (Å²) in [7, 11) is 0. The van der Waals surface area contributed by atoms with Gasteiger partial charge in [0.2, 0.25) is 0 Å². The van der Waals surface area contributed by atoms with Crippen molar-refractivity contribution in [2.45, 2.75) is 60.5 Å². The second-order valence-corrected chi connectivity index (χ2v) is 12.4. The minimum atomic E-state index is 0.658. The average Bonchev–Trinajstić information content (AvgIpc) is 3.38. The molecule has 1 aliphatic carbocycles. The van der Waals surface area contributed by atoms with Crippen LogP contribution in [0.5, 0.6) is 0 Å². The molecule has 4 atom stereocenters. The first-order valence-electron chi connectivity index (χ1n) is 8.30. The number of thioether (sulfide) groups is 4. The van der Waals surface area contributed by atoms with E-state index in [4.69, 9.17) is 0 Å². The Morgan fingerprint density at radius 2 is 1.35 bits per heavy atom. The van der Waals surface area contributed by atoms with E-state index in [0.717, 1.165) is 11.8 Å². The molecule has 2 saturated heterocycles. The van der Waals surface area contributed by atoms with Gasteiger partial charge in [-0.15, -0.1) is 47.0 Å². The second kappa shape index (κ2) is 6.88. The molecular formula is C16H28S4. The van der Waals surface area contributed by atoms with Crippen molar-refractivity contribution in [1.82, 2.24) is 0 Å². The molecule has 3 aliphatic rings. The molecule has 116 valence electrons. The molecular weight excluding hydrogens is 320 g/mol. The number of hydrogen-bond acceptors (Lipinski definition) is 4. The zero-order valence-corrected chi connectivity index (χ0v) is 16.1. The average molecular weight is 349 g/mol. The standard InChI is InChI=1S/C16H28S4/c1-3-8-17-15(11-19-15)13-6-5-7-14(10-13)16(12-20-16)18-9-4-2/h13-14H,3-12H2,1-2H3. The summed E-state index contributed by atoms with van der Waals surface area (Å²) < 4.78 is 1.32. The van der Waals surface area contributed by atoms with E-state index in [-0.39, 0.29) is 0 Å². The molecule has 0 amide bonds. The third-order valence-corrected chi connectivity index (χ3v) is 12.2. The second-order valence-electron chi connectivity index (χ2n) is 6.46. The van der Waals surface area contributed by atoms with Crippen molar-refractivity contribution in [2.75, 3.05) is 23.0 Å². The zero-order chi connectivity index (χ0) is 14.1. The van der Waals surface area contributed by atoms with E-state index in [0.29, 0.717) is 8.16 Å². The first-order valence-corrected chi connectivity index (χ1v) is 12.2. The van der Waals surface area contributed by atoms with Crippen LogP contribution in [0.25, 0.3) is 0 Å². The number of hydrogen-bond donors (Lipinski definition) is 0. The lowest BCUT2D eigenvalue weighted by molar-refractivity contribution is 0.264. The molecule has 0 aromatic heterocycles. The van der Waals surface area contributed by atoms with Crippen LogP contribution >= 0.6 is 47.0 Å². The lowest BCUT2D eigenvalue weighted by atomic mass is 9.78. The van der Waals surface area contributed by atoms with Gasteiger partial charge in [0, 0.05) is 11.5 Å². The predicted octanol–water partition coefficient (Wildman–Crippen LogP) is 5.97. The Morgan fingerprint density at radius 3 is 1.70 bits per heavy atom. The first-order chi connectivity index (χ1) is 9.75. The lowest BCUT2D eigenvalue weighted by Crippen LogP contribution is -2.32. The van der Waals surface area contributed by atoms with Crippen LogP contribution < -0.4 is 0 Å². The van der Waals surface area contributed by atoms with Gasteiger partial charge in [-0.2, -0.15) is 0 Å². The summed E-state index contributed by atoms with van der Waals surface area (Å²) in [4.78, 5) is 0. The van der Waals surface area contributed by atoms with Crippen molar-refractivity contribution in [3.63, 3.8) is 0 Å². The highest BCUT2D eigenvalue weighted by Crippen LogP contribution is 2.67. The molecule has 1 saturated carbocycles. The quantitative estimate of drug-likeness (QED) is 0.496. The normalized spacial score (nSPS) is 43.5. The summed E-state index contributed by atoms with van der Waals surface area (Å²) in [5.41, 5.74) is 0. The van der Waals surface area contributed by atoms with E-state index >= 15 is 0 Å². The molecule has 0 N–H and O–H groups in total. The van der Waals surface area contributed by atoms with Gasteiger partial charge in [0.25, 0.3) is 0 Å². The Morgan fingerprint density at radius 1 is 0.900 bits per heavy atom. The van der Waals surface area contributed by atoms with Gasteiger partial charge >= 0.3 is 0 Å². The maximum atomic E-state index is 2.33. The molecule has 0 aromatic carbocycles. The smallest absolute Gasteiger partial charge is 0.0730 e. The molecule has 4 heteroatoms. The van der Waals surface area contributed by atoms with Crippen molar-refractivity contribution in [1.29, 1.82) is 0 Å². The van der Waals surface area contributed by atoms with Crippen LogP contribution in [0.1, 0.15) is 52.4 Å². The van der Waals surface area contributed by atoms with Crippen LogP contribution in [0.15, 0.2) is 0 Å². The summed E-state index contributed by atoms with van der Waals surface area (Å²) in [6, 6.07) is 0. The van der Waals surface area contributed by atoms with Gasteiger partial charge in [0.1, 0.15) is 0 Å². The maximum Gasteiger partial charge on any atom is 0.0730 e. The molecule has 0 bridgehead atoms. The highest BCUT2D eigenvalue weighted by atomic mass is 32.2. The molecule has 20 heavy (non-hydrogen) atoms. The largest absolute Gasteiger partial charge is 0.143 e. The summed E-state index contributed by atoms with van der Waals surface area (Å²) in [5, 5.41) is 0. The Kier molecular flexibility index (Phi) is 5.60. The molecule has 0 spiro atoms. The van der Waals surface area contributed by atoms with Crippen LogP contribution in [0.2, 0.25) is 0 Å². The Balaban J connectivity index is 1.57. The summed E-state index contributed by atoms with van der Waals surface area (Å²) in [6.45, 7) is 4.66. The topological polar surface area (TPSA) is 0 Å². The van der Waals surface area contributed by atoms with Gasteiger partial charge in [-0.25, -0.2) is 0 Å². The fraction of sp³-hybridized carbons (Fsp3) is 1.00. The van der Waals surface area contributed by atoms with Gasteiger partial charge in [0.15, 0.2) is 0 Å². The van der Waals surface area contributed by atoms with Gasteiger partial charge < -0.3 is 0 Å². The van der Waals surface area contributed by atoms with Crippen LogP contribution in [0, 0.1) is 11.8 Å². The molecule has 3 rings (SSSR count). The summed E-state index contributed by atoms with van der Waals surface area (Å²) in [5.74, 6) is 7.66. The third kappa shape index (κ3) is 3.49. The van der Waals surface area contributed by atoms with E-state index in [1.807, 2.05) is 0 Å². The van der Waals surface area contributed by atoms with Gasteiger partial charge in [-0.3, -0.25) is 0 Å². The molecule has 0 nitrogen and oxygen atoms in total. The van der Waals surface area contributed by atoms with Gasteiger partial charge in [0.05, 0.1) is 8.16 Å². The molecule has 3 fully saturated rings. The highest BCUT2D eigenvalue weighted by Gasteiger charge is 2.57. The van der Waals surface area contributed by atoms with E-state index in [2.05, 4.69) is 60.9 Å². The predicted molar refractivity (Wildman–Crippen MR) is 101 cm³/mol. The zero-order valence-electron chi connectivity index (χ0n) is 12.9. The van der Waals surface area contributed by atoms with Gasteiger partial charge in [-0.05, 0) is 55.4 Å².